The molecule has 35 heavy (non-hydrogen) atoms. The van der Waals surface area contributed by atoms with Crippen molar-refractivity contribution < 1.29 is 18.7 Å². The Hall–Kier alpha value is -2.90. The van der Waals surface area contributed by atoms with Gasteiger partial charge in [0.25, 0.3) is 5.91 Å². The molecule has 4 rings (SSSR count). The van der Waals surface area contributed by atoms with Crippen molar-refractivity contribution in [2.75, 3.05) is 26.2 Å². The minimum atomic E-state index is -0.332. The summed E-state index contributed by atoms with van der Waals surface area (Å²) in [5.41, 5.74) is 1.52. The Bertz CT molecular complexity index is 1180. The summed E-state index contributed by atoms with van der Waals surface area (Å²) in [6.07, 6.45) is 0.762. The van der Waals surface area contributed by atoms with E-state index >= 15 is 0 Å². The molecule has 1 atom stereocenters. The molecule has 0 radical (unpaired) electrons. The molecule has 5 nitrogen and oxygen atoms in total. The van der Waals surface area contributed by atoms with Gasteiger partial charge in [-0.25, -0.2) is 4.39 Å². The van der Waals surface area contributed by atoms with Crippen molar-refractivity contribution >= 4 is 34.8 Å². The van der Waals surface area contributed by atoms with Crippen LogP contribution in [0.5, 0.6) is 5.75 Å². The Morgan fingerprint density at radius 2 is 1.97 bits per heavy atom. The molecule has 2 amide bonds. The van der Waals surface area contributed by atoms with Crippen LogP contribution in [-0.4, -0.2) is 47.9 Å². The molecule has 2 aromatic carbocycles. The van der Waals surface area contributed by atoms with Crippen LogP contribution in [0.1, 0.15) is 40.7 Å². The molecule has 3 aromatic rings. The highest BCUT2D eigenvalue weighted by molar-refractivity contribution is 7.10. The number of ether oxygens (including phenoxy) is 1. The smallest absolute Gasteiger partial charge is 0.254 e. The first kappa shape index (κ1) is 25.2. The number of thiophene rings is 1. The van der Waals surface area contributed by atoms with E-state index in [1.165, 1.54) is 17.0 Å². The van der Waals surface area contributed by atoms with Gasteiger partial charge in [0.2, 0.25) is 5.91 Å². The lowest BCUT2D eigenvalue weighted by atomic mass is 10.00. The van der Waals surface area contributed by atoms with E-state index in [1.807, 2.05) is 25.3 Å². The van der Waals surface area contributed by atoms with Crippen LogP contribution in [-0.2, 0) is 11.2 Å². The molecule has 0 aliphatic carbocycles. The van der Waals surface area contributed by atoms with Gasteiger partial charge in [-0.3, -0.25) is 9.59 Å². The summed E-state index contributed by atoms with van der Waals surface area (Å²) < 4.78 is 19.2. The standard InChI is InChI=1S/C27H28ClFN2O3S/c1-18(2)15-30(27(33)19-4-3-5-20(28)14-19)16-26(32)31-12-10-25-23(11-13-35-25)24(31)17-34-22-8-6-21(29)7-9-22/h3-9,11,13-14,18,24H,10,12,15-17H2,1-2H3/t24-/m1/s1. The Balaban J connectivity index is 1.53. The SMILES string of the molecule is CC(C)CN(CC(=O)N1CCc2sccc2[C@H]1COc1ccc(F)cc1)C(=O)c1cccc(Cl)c1. The zero-order chi connectivity index (χ0) is 24.9. The predicted octanol–water partition coefficient (Wildman–Crippen LogP) is 5.84. The van der Waals surface area contributed by atoms with Crippen LogP contribution in [0, 0.1) is 11.7 Å². The number of carbonyl (C=O) groups excluding carboxylic acids is 2. The molecule has 1 aromatic heterocycles. The lowest BCUT2D eigenvalue weighted by Crippen LogP contribution is -2.48. The third-order valence-corrected chi connectivity index (χ3v) is 7.14. The van der Waals surface area contributed by atoms with Gasteiger partial charge in [-0.2, -0.15) is 0 Å². The van der Waals surface area contributed by atoms with E-state index in [9.17, 15) is 14.0 Å². The van der Waals surface area contributed by atoms with E-state index < -0.39 is 0 Å². The maximum atomic E-state index is 13.6. The molecule has 0 saturated heterocycles. The summed E-state index contributed by atoms with van der Waals surface area (Å²) in [4.78, 5) is 31.5. The Morgan fingerprint density at radius 3 is 2.69 bits per heavy atom. The molecule has 0 spiro atoms. The fraction of sp³-hybridized carbons (Fsp3) is 0.333. The van der Waals surface area contributed by atoms with E-state index in [1.54, 1.807) is 57.5 Å². The number of hydrogen-bond acceptors (Lipinski definition) is 4. The van der Waals surface area contributed by atoms with Gasteiger partial charge < -0.3 is 14.5 Å². The van der Waals surface area contributed by atoms with Crippen molar-refractivity contribution in [1.82, 2.24) is 9.80 Å². The number of hydrogen-bond donors (Lipinski definition) is 0. The molecule has 1 aliphatic heterocycles. The number of halogens is 2. The average molecular weight is 515 g/mol. The van der Waals surface area contributed by atoms with Gasteiger partial charge in [0.1, 0.15) is 24.7 Å². The Labute approximate surface area is 214 Å². The number of rotatable bonds is 8. The largest absolute Gasteiger partial charge is 0.491 e. The molecular formula is C27H28ClFN2O3S. The summed E-state index contributed by atoms with van der Waals surface area (Å²) in [5.74, 6) is 0.0427. The first-order valence-electron chi connectivity index (χ1n) is 11.6. The fourth-order valence-corrected chi connectivity index (χ4v) is 5.42. The zero-order valence-electron chi connectivity index (χ0n) is 19.7. The van der Waals surface area contributed by atoms with E-state index in [0.29, 0.717) is 29.4 Å². The van der Waals surface area contributed by atoms with Crippen molar-refractivity contribution in [3.63, 3.8) is 0 Å². The van der Waals surface area contributed by atoms with Gasteiger partial charge >= 0.3 is 0 Å². The minimum Gasteiger partial charge on any atom is -0.491 e. The highest BCUT2D eigenvalue weighted by Gasteiger charge is 2.33. The number of fused-ring (bicyclic) bond motifs is 1. The third-order valence-electron chi connectivity index (χ3n) is 5.91. The summed E-state index contributed by atoms with van der Waals surface area (Å²) in [6.45, 7) is 5.24. The first-order valence-corrected chi connectivity index (χ1v) is 12.9. The highest BCUT2D eigenvalue weighted by atomic mass is 35.5. The summed E-state index contributed by atoms with van der Waals surface area (Å²) in [7, 11) is 0. The van der Waals surface area contributed by atoms with Crippen molar-refractivity contribution in [3.8, 4) is 5.75 Å². The summed E-state index contributed by atoms with van der Waals surface area (Å²) >= 11 is 7.77. The maximum absolute atomic E-state index is 13.6. The van der Waals surface area contributed by atoms with E-state index in [4.69, 9.17) is 16.3 Å². The number of nitrogens with zero attached hydrogens (tertiary/aromatic N) is 2. The second-order valence-electron chi connectivity index (χ2n) is 9.01. The van der Waals surface area contributed by atoms with Crippen molar-refractivity contribution in [2.24, 2.45) is 5.92 Å². The third kappa shape index (κ3) is 6.21. The molecule has 2 heterocycles. The van der Waals surface area contributed by atoms with Crippen LogP contribution in [0.2, 0.25) is 5.02 Å². The van der Waals surface area contributed by atoms with Gasteiger partial charge in [-0.15, -0.1) is 11.3 Å². The molecule has 184 valence electrons. The number of amides is 2. The van der Waals surface area contributed by atoms with E-state index in [2.05, 4.69) is 0 Å². The van der Waals surface area contributed by atoms with Crippen molar-refractivity contribution in [1.29, 1.82) is 0 Å². The van der Waals surface area contributed by atoms with Crippen LogP contribution >= 0.6 is 22.9 Å². The highest BCUT2D eigenvalue weighted by Crippen LogP contribution is 2.34. The van der Waals surface area contributed by atoms with Crippen LogP contribution in [0.3, 0.4) is 0 Å². The van der Waals surface area contributed by atoms with Crippen LogP contribution < -0.4 is 4.74 Å². The molecule has 0 N–H and O–H groups in total. The molecule has 1 aliphatic rings. The van der Waals surface area contributed by atoms with Crippen LogP contribution in [0.25, 0.3) is 0 Å². The van der Waals surface area contributed by atoms with Crippen molar-refractivity contribution in [3.05, 3.63) is 86.8 Å². The second kappa shape index (κ2) is 11.2. The zero-order valence-corrected chi connectivity index (χ0v) is 21.3. The van der Waals surface area contributed by atoms with E-state index in [0.717, 1.165) is 12.0 Å². The quantitative estimate of drug-likeness (QED) is 0.379. The van der Waals surface area contributed by atoms with Crippen LogP contribution in [0.4, 0.5) is 4.39 Å². The second-order valence-corrected chi connectivity index (χ2v) is 10.4. The van der Waals surface area contributed by atoms with Crippen LogP contribution in [0.15, 0.2) is 60.0 Å². The summed E-state index contributed by atoms with van der Waals surface area (Å²) in [5, 5.41) is 2.50. The Morgan fingerprint density at radius 1 is 1.20 bits per heavy atom. The lowest BCUT2D eigenvalue weighted by molar-refractivity contribution is -0.135. The molecule has 0 unspecified atom stereocenters. The predicted molar refractivity (Wildman–Crippen MR) is 137 cm³/mol. The van der Waals surface area contributed by atoms with Gasteiger partial charge in [0.15, 0.2) is 0 Å². The van der Waals surface area contributed by atoms with Gasteiger partial charge in [-0.05, 0) is 71.8 Å². The lowest BCUT2D eigenvalue weighted by Gasteiger charge is -2.37. The fourth-order valence-electron chi connectivity index (χ4n) is 4.30. The minimum absolute atomic E-state index is 0.0317. The molecular weight excluding hydrogens is 487 g/mol. The number of benzene rings is 2. The molecule has 0 fully saturated rings. The first-order chi connectivity index (χ1) is 16.8. The maximum Gasteiger partial charge on any atom is 0.254 e. The average Bonchev–Trinajstić information content (AvgIpc) is 3.31. The van der Waals surface area contributed by atoms with Gasteiger partial charge in [-0.1, -0.05) is 31.5 Å². The van der Waals surface area contributed by atoms with Crippen molar-refractivity contribution in [2.45, 2.75) is 26.3 Å². The normalized spacial score (nSPS) is 15.1. The van der Waals surface area contributed by atoms with Gasteiger partial charge in [0.05, 0.1) is 6.04 Å². The van der Waals surface area contributed by atoms with E-state index in [-0.39, 0.29) is 42.7 Å². The number of carbonyl (C=O) groups is 2. The molecule has 8 heteroatoms. The Kier molecular flexibility index (Phi) is 8.08. The van der Waals surface area contributed by atoms with Gasteiger partial charge in [0, 0.05) is 28.6 Å². The monoisotopic (exact) mass is 514 g/mol. The molecule has 0 saturated carbocycles. The topological polar surface area (TPSA) is 49.9 Å². The molecule has 0 bridgehead atoms. The summed E-state index contributed by atoms with van der Waals surface area (Å²) in [6, 6.07) is 14.4.